The molecule has 0 N–H and O–H groups in total. The highest BCUT2D eigenvalue weighted by Crippen LogP contribution is 2.27. The van der Waals surface area contributed by atoms with Crippen molar-refractivity contribution in [2.75, 3.05) is 13.1 Å². The molecule has 1 aliphatic rings. The van der Waals surface area contributed by atoms with Crippen LogP contribution in [0.4, 0.5) is 0 Å². The van der Waals surface area contributed by atoms with Gasteiger partial charge >= 0.3 is 0 Å². The van der Waals surface area contributed by atoms with Gasteiger partial charge in [0.05, 0.1) is 11.4 Å². The molecule has 0 saturated carbocycles. The van der Waals surface area contributed by atoms with E-state index in [-0.39, 0.29) is 6.10 Å². The molecule has 3 rings (SSSR count). The molecule has 9 heteroatoms. The van der Waals surface area contributed by atoms with Gasteiger partial charge < -0.3 is 4.74 Å². The van der Waals surface area contributed by atoms with Crippen molar-refractivity contribution in [1.29, 1.82) is 0 Å². The second-order valence-corrected chi connectivity index (χ2v) is 8.81. The Labute approximate surface area is 160 Å². The van der Waals surface area contributed by atoms with Crippen molar-refractivity contribution in [3.63, 3.8) is 0 Å². The van der Waals surface area contributed by atoms with E-state index in [1.54, 1.807) is 15.9 Å². The molecule has 1 aliphatic heterocycles. The van der Waals surface area contributed by atoms with E-state index < -0.39 is 10.0 Å². The molecule has 0 amide bonds. The minimum atomic E-state index is -3.55. The van der Waals surface area contributed by atoms with E-state index in [2.05, 4.69) is 15.1 Å². The van der Waals surface area contributed by atoms with Gasteiger partial charge in [-0.1, -0.05) is 0 Å². The average molecular weight is 394 g/mol. The van der Waals surface area contributed by atoms with Crippen LogP contribution in [0.25, 0.3) is 0 Å². The van der Waals surface area contributed by atoms with Gasteiger partial charge in [-0.15, -0.1) is 0 Å². The summed E-state index contributed by atoms with van der Waals surface area (Å²) >= 11 is 0. The molecule has 0 spiro atoms. The number of hydrogen-bond donors (Lipinski definition) is 0. The van der Waals surface area contributed by atoms with Gasteiger partial charge in [0.2, 0.25) is 15.9 Å². The SMILES string of the molecule is CCn1nc(C)c(S(=O)(=O)N2CCC(Oc3cc(C)nc(C)n3)CC2)c1C. The first-order valence-electron chi connectivity index (χ1n) is 9.25. The van der Waals surface area contributed by atoms with E-state index in [4.69, 9.17) is 4.74 Å². The van der Waals surface area contributed by atoms with Crippen LogP contribution in [0.15, 0.2) is 11.0 Å². The van der Waals surface area contributed by atoms with E-state index in [0.717, 1.165) is 5.69 Å². The molecule has 2 aromatic rings. The van der Waals surface area contributed by atoms with Crippen molar-refractivity contribution >= 4 is 10.0 Å². The summed E-state index contributed by atoms with van der Waals surface area (Å²) in [6.07, 6.45) is 1.20. The topological polar surface area (TPSA) is 90.2 Å². The lowest BCUT2D eigenvalue weighted by Gasteiger charge is -2.31. The first-order valence-corrected chi connectivity index (χ1v) is 10.7. The first-order chi connectivity index (χ1) is 12.7. The molecule has 0 aliphatic carbocycles. The van der Waals surface area contributed by atoms with Crippen LogP contribution >= 0.6 is 0 Å². The maximum absolute atomic E-state index is 13.1. The summed E-state index contributed by atoms with van der Waals surface area (Å²) in [6, 6.07) is 1.81. The van der Waals surface area contributed by atoms with Crippen molar-refractivity contribution in [2.24, 2.45) is 0 Å². The van der Waals surface area contributed by atoms with Gasteiger partial charge in [-0.3, -0.25) is 4.68 Å². The van der Waals surface area contributed by atoms with Crippen molar-refractivity contribution in [3.05, 3.63) is 29.0 Å². The van der Waals surface area contributed by atoms with Gasteiger partial charge in [-0.25, -0.2) is 13.4 Å². The quantitative estimate of drug-likeness (QED) is 0.773. The Hall–Kier alpha value is -2.00. The maximum Gasteiger partial charge on any atom is 0.246 e. The molecule has 8 nitrogen and oxygen atoms in total. The smallest absolute Gasteiger partial charge is 0.246 e. The molecule has 1 saturated heterocycles. The lowest BCUT2D eigenvalue weighted by molar-refractivity contribution is 0.129. The zero-order chi connectivity index (χ0) is 19.8. The molecule has 1 fully saturated rings. The summed E-state index contributed by atoms with van der Waals surface area (Å²) in [7, 11) is -3.55. The highest BCUT2D eigenvalue weighted by molar-refractivity contribution is 7.89. The second kappa shape index (κ2) is 7.55. The lowest BCUT2D eigenvalue weighted by atomic mass is 10.1. The Bertz CT molecular complexity index is 910. The Balaban J connectivity index is 1.70. The third-order valence-corrected chi connectivity index (χ3v) is 7.00. The van der Waals surface area contributed by atoms with Crippen LogP contribution in [-0.2, 0) is 16.6 Å². The molecule has 0 atom stereocenters. The third-order valence-electron chi connectivity index (χ3n) is 4.84. The van der Waals surface area contributed by atoms with E-state index in [0.29, 0.717) is 60.5 Å². The van der Waals surface area contributed by atoms with Crippen LogP contribution in [0.5, 0.6) is 5.88 Å². The highest BCUT2D eigenvalue weighted by atomic mass is 32.2. The van der Waals surface area contributed by atoms with Gasteiger partial charge in [-0.05, 0) is 47.5 Å². The number of ether oxygens (including phenoxy) is 1. The lowest BCUT2D eigenvalue weighted by Crippen LogP contribution is -2.42. The Morgan fingerprint density at radius 1 is 1.15 bits per heavy atom. The molecule has 0 radical (unpaired) electrons. The van der Waals surface area contributed by atoms with Gasteiger partial charge in [0.25, 0.3) is 0 Å². The number of aryl methyl sites for hydroxylation is 4. The van der Waals surface area contributed by atoms with Crippen LogP contribution in [0, 0.1) is 27.7 Å². The maximum atomic E-state index is 13.1. The number of sulfonamides is 1. The fourth-order valence-corrected chi connectivity index (χ4v) is 5.44. The average Bonchev–Trinajstić information content (AvgIpc) is 2.88. The summed E-state index contributed by atoms with van der Waals surface area (Å²) < 4.78 is 35.5. The molecule has 3 heterocycles. The first kappa shape index (κ1) is 19.8. The van der Waals surface area contributed by atoms with Crippen LogP contribution in [-0.4, -0.2) is 51.7 Å². The number of hydrogen-bond acceptors (Lipinski definition) is 6. The van der Waals surface area contributed by atoms with Crippen LogP contribution in [0.1, 0.15) is 42.7 Å². The number of aromatic nitrogens is 4. The Morgan fingerprint density at radius 2 is 1.81 bits per heavy atom. The zero-order valence-corrected chi connectivity index (χ0v) is 17.4. The molecule has 0 aromatic carbocycles. The van der Waals surface area contributed by atoms with Crippen molar-refractivity contribution in [3.8, 4) is 5.88 Å². The van der Waals surface area contributed by atoms with Gasteiger partial charge in [-0.2, -0.15) is 14.4 Å². The molecule has 27 heavy (non-hydrogen) atoms. The summed E-state index contributed by atoms with van der Waals surface area (Å²) in [5.41, 5.74) is 2.11. The van der Waals surface area contributed by atoms with E-state index in [9.17, 15) is 8.42 Å². The second-order valence-electron chi connectivity index (χ2n) is 6.93. The Morgan fingerprint density at radius 3 is 2.37 bits per heavy atom. The number of nitrogens with zero attached hydrogens (tertiary/aromatic N) is 5. The molecule has 0 bridgehead atoms. The van der Waals surface area contributed by atoms with Crippen LogP contribution < -0.4 is 4.74 Å². The number of piperidine rings is 1. The normalized spacial score (nSPS) is 16.6. The summed E-state index contributed by atoms with van der Waals surface area (Å²) in [5.74, 6) is 1.22. The van der Waals surface area contributed by atoms with Crippen LogP contribution in [0.3, 0.4) is 0 Å². The fourth-order valence-electron chi connectivity index (χ4n) is 3.60. The van der Waals surface area contributed by atoms with Crippen molar-refractivity contribution in [2.45, 2.75) is 65.0 Å². The molecule has 2 aromatic heterocycles. The minimum absolute atomic E-state index is 0.0503. The van der Waals surface area contributed by atoms with Gasteiger partial charge in [0.15, 0.2) is 0 Å². The fraction of sp³-hybridized carbons (Fsp3) is 0.611. The van der Waals surface area contributed by atoms with E-state index in [1.165, 1.54) is 0 Å². The molecule has 0 unspecified atom stereocenters. The summed E-state index contributed by atoms with van der Waals surface area (Å²) in [4.78, 5) is 8.89. The third kappa shape index (κ3) is 3.98. The molecular formula is C18H27N5O3S. The largest absolute Gasteiger partial charge is 0.474 e. The molecular weight excluding hydrogens is 366 g/mol. The standard InChI is InChI=1S/C18H27N5O3S/c1-6-23-14(4)18(13(3)21-23)27(24,25)22-9-7-16(8-10-22)26-17-11-12(2)19-15(5)20-17/h11,16H,6-10H2,1-5H3. The summed E-state index contributed by atoms with van der Waals surface area (Å²) in [6.45, 7) is 10.7. The monoisotopic (exact) mass is 393 g/mol. The van der Waals surface area contributed by atoms with E-state index >= 15 is 0 Å². The van der Waals surface area contributed by atoms with E-state index in [1.807, 2.05) is 33.8 Å². The van der Waals surface area contributed by atoms with Crippen molar-refractivity contribution < 1.29 is 13.2 Å². The minimum Gasteiger partial charge on any atom is -0.474 e. The number of rotatable bonds is 5. The van der Waals surface area contributed by atoms with Gasteiger partial charge in [0, 0.05) is 31.4 Å². The van der Waals surface area contributed by atoms with Crippen molar-refractivity contribution in [1.82, 2.24) is 24.1 Å². The zero-order valence-electron chi connectivity index (χ0n) is 16.6. The highest BCUT2D eigenvalue weighted by Gasteiger charge is 2.34. The van der Waals surface area contributed by atoms with Crippen LogP contribution in [0.2, 0.25) is 0 Å². The predicted molar refractivity (Wildman–Crippen MR) is 101 cm³/mol. The molecule has 148 valence electrons. The van der Waals surface area contributed by atoms with Gasteiger partial charge in [0.1, 0.15) is 16.8 Å². The summed E-state index contributed by atoms with van der Waals surface area (Å²) in [5, 5.41) is 4.35. The predicted octanol–water partition coefficient (Wildman–Crippen LogP) is 2.16. The Kier molecular flexibility index (Phi) is 5.53.